The van der Waals surface area contributed by atoms with Gasteiger partial charge in [0.15, 0.2) is 0 Å². The van der Waals surface area contributed by atoms with Gasteiger partial charge in [-0.3, -0.25) is 19.3 Å². The van der Waals surface area contributed by atoms with Gasteiger partial charge in [-0.2, -0.15) is 0 Å². The smallest absolute Gasteiger partial charge is 0.339 e. The first-order valence-corrected chi connectivity index (χ1v) is 15.1. The molecule has 0 atom stereocenters. The highest BCUT2D eigenvalue weighted by Gasteiger charge is 2.30. The Balaban J connectivity index is 0.989. The Kier molecular flexibility index (Phi) is 10.2. The summed E-state index contributed by atoms with van der Waals surface area (Å²) >= 11 is 0. The number of hydrogen-bond donors (Lipinski definition) is 1. The molecule has 0 spiro atoms. The van der Waals surface area contributed by atoms with Gasteiger partial charge >= 0.3 is 5.97 Å². The van der Waals surface area contributed by atoms with Crippen LogP contribution in [0.15, 0.2) is 54.6 Å². The molecule has 3 saturated heterocycles. The van der Waals surface area contributed by atoms with Crippen molar-refractivity contribution >= 4 is 23.7 Å². The number of ether oxygens (including phenoxy) is 1. The highest BCUT2D eigenvalue weighted by molar-refractivity contribution is 5.97. The van der Waals surface area contributed by atoms with E-state index in [1.807, 2.05) is 54.6 Å². The maximum Gasteiger partial charge on any atom is 0.339 e. The van der Waals surface area contributed by atoms with Crippen molar-refractivity contribution in [3.05, 3.63) is 60.2 Å². The van der Waals surface area contributed by atoms with Crippen molar-refractivity contribution in [2.75, 3.05) is 72.0 Å². The third-order valence-corrected chi connectivity index (χ3v) is 8.32. The zero-order valence-corrected chi connectivity index (χ0v) is 24.2. The number of piperidine rings is 1. The highest BCUT2D eigenvalue weighted by Crippen LogP contribution is 2.25. The summed E-state index contributed by atoms with van der Waals surface area (Å²) in [7, 11) is 0. The molecular formula is C32H41N5O5. The van der Waals surface area contributed by atoms with Crippen molar-refractivity contribution in [1.29, 1.82) is 0 Å². The number of amides is 3. The zero-order chi connectivity index (χ0) is 29.3. The molecule has 224 valence electrons. The number of piperazine rings is 2. The van der Waals surface area contributed by atoms with Crippen LogP contribution in [0.4, 0.5) is 0 Å². The molecular weight excluding hydrogens is 534 g/mol. The molecule has 3 aliphatic heterocycles. The van der Waals surface area contributed by atoms with E-state index in [4.69, 9.17) is 4.74 Å². The number of rotatable bonds is 11. The Morgan fingerprint density at radius 2 is 1.36 bits per heavy atom. The minimum absolute atomic E-state index is 0.00615. The summed E-state index contributed by atoms with van der Waals surface area (Å²) in [5, 5.41) is 2.81. The van der Waals surface area contributed by atoms with Crippen LogP contribution in [0.5, 0.6) is 0 Å². The van der Waals surface area contributed by atoms with Crippen LogP contribution >= 0.6 is 0 Å². The Bertz CT molecular complexity index is 1250. The lowest BCUT2D eigenvalue weighted by atomic mass is 9.99. The quantitative estimate of drug-likeness (QED) is 0.408. The van der Waals surface area contributed by atoms with Crippen LogP contribution < -0.4 is 5.32 Å². The molecule has 10 heteroatoms. The number of nitrogens with one attached hydrogen (secondary N) is 1. The first-order chi connectivity index (χ1) is 20.5. The van der Waals surface area contributed by atoms with E-state index in [0.717, 1.165) is 69.5 Å². The van der Waals surface area contributed by atoms with E-state index in [1.165, 1.54) is 0 Å². The summed E-state index contributed by atoms with van der Waals surface area (Å²) in [6.45, 7) is 6.47. The molecule has 3 amide bonds. The molecule has 3 aliphatic rings. The molecule has 2 aromatic carbocycles. The predicted molar refractivity (Wildman–Crippen MR) is 159 cm³/mol. The third-order valence-electron chi connectivity index (χ3n) is 8.32. The van der Waals surface area contributed by atoms with Crippen molar-refractivity contribution in [1.82, 2.24) is 24.9 Å². The molecule has 42 heavy (non-hydrogen) atoms. The van der Waals surface area contributed by atoms with E-state index in [-0.39, 0.29) is 42.9 Å². The standard InChI is InChI=1S/C32H41N5O5/c38-29-22-35(21-14-33-29)16-7-18-37-24-30(39)36(23-31(37)40)17-6-15-34-19-12-26(13-20-34)42-32(41)28-11-5-4-10-27(28)25-8-2-1-3-9-25/h1-5,8-11,26H,6-7,12-24H2,(H,33,38). The van der Waals surface area contributed by atoms with E-state index >= 15 is 0 Å². The first kappa shape index (κ1) is 29.7. The fourth-order valence-corrected chi connectivity index (χ4v) is 5.96. The monoisotopic (exact) mass is 575 g/mol. The SMILES string of the molecule is O=C1CN(CCCN2CC(=O)N(CCCN3CCC(OC(=O)c4ccccc4-c4ccccc4)CC3)CC2=O)CCN1. The number of nitrogens with zero attached hydrogens (tertiary/aromatic N) is 4. The molecule has 0 aromatic heterocycles. The Morgan fingerprint density at radius 3 is 2.02 bits per heavy atom. The molecule has 0 unspecified atom stereocenters. The molecule has 3 fully saturated rings. The van der Waals surface area contributed by atoms with E-state index in [2.05, 4.69) is 15.1 Å². The van der Waals surface area contributed by atoms with Crippen molar-refractivity contribution in [3.63, 3.8) is 0 Å². The summed E-state index contributed by atoms with van der Waals surface area (Å²) in [6.07, 6.45) is 2.98. The number of likely N-dealkylation sites (tertiary alicyclic amines) is 1. The maximum absolute atomic E-state index is 13.0. The number of hydrogen-bond acceptors (Lipinski definition) is 7. The van der Waals surface area contributed by atoms with Gasteiger partial charge < -0.3 is 24.8 Å². The predicted octanol–water partition coefficient (Wildman–Crippen LogP) is 1.86. The van der Waals surface area contributed by atoms with Gasteiger partial charge in [0.2, 0.25) is 17.7 Å². The summed E-state index contributed by atoms with van der Waals surface area (Å²) in [6, 6.07) is 17.4. The lowest BCUT2D eigenvalue weighted by Crippen LogP contribution is -2.54. The highest BCUT2D eigenvalue weighted by atomic mass is 16.5. The van der Waals surface area contributed by atoms with E-state index in [0.29, 0.717) is 31.7 Å². The summed E-state index contributed by atoms with van der Waals surface area (Å²) in [4.78, 5) is 57.7. The molecule has 2 aromatic rings. The minimum Gasteiger partial charge on any atom is -0.459 e. The Morgan fingerprint density at radius 1 is 0.738 bits per heavy atom. The minimum atomic E-state index is -0.283. The molecule has 5 rings (SSSR count). The lowest BCUT2D eigenvalue weighted by Gasteiger charge is -2.35. The van der Waals surface area contributed by atoms with E-state index in [1.54, 1.807) is 9.80 Å². The normalized spacial score (nSPS) is 19.2. The summed E-state index contributed by atoms with van der Waals surface area (Å²) in [5.74, 6) is -0.264. The second-order valence-corrected chi connectivity index (χ2v) is 11.3. The van der Waals surface area contributed by atoms with E-state index < -0.39 is 0 Å². The van der Waals surface area contributed by atoms with Crippen molar-refractivity contribution < 1.29 is 23.9 Å². The van der Waals surface area contributed by atoms with Crippen LogP contribution in [-0.2, 0) is 19.1 Å². The number of benzene rings is 2. The average molecular weight is 576 g/mol. The Labute approximate surface area is 247 Å². The van der Waals surface area contributed by atoms with Gasteiger partial charge in [0.05, 0.1) is 25.2 Å². The number of carbonyl (C=O) groups is 4. The van der Waals surface area contributed by atoms with Crippen LogP contribution in [0.3, 0.4) is 0 Å². The van der Waals surface area contributed by atoms with Crippen LogP contribution in [0.1, 0.15) is 36.0 Å². The molecule has 0 bridgehead atoms. The van der Waals surface area contributed by atoms with E-state index in [9.17, 15) is 19.2 Å². The van der Waals surface area contributed by atoms with Crippen LogP contribution in [0.25, 0.3) is 11.1 Å². The van der Waals surface area contributed by atoms with Gasteiger partial charge in [-0.05, 0) is 49.4 Å². The topological polar surface area (TPSA) is 102 Å². The van der Waals surface area contributed by atoms with Gasteiger partial charge in [-0.25, -0.2) is 4.79 Å². The summed E-state index contributed by atoms with van der Waals surface area (Å²) in [5.41, 5.74) is 2.45. The second-order valence-electron chi connectivity index (χ2n) is 11.3. The number of esters is 1. The molecule has 3 heterocycles. The van der Waals surface area contributed by atoms with Gasteiger partial charge in [-0.15, -0.1) is 0 Å². The van der Waals surface area contributed by atoms with Gasteiger partial charge in [0.1, 0.15) is 6.10 Å². The zero-order valence-electron chi connectivity index (χ0n) is 24.2. The molecule has 0 aliphatic carbocycles. The van der Waals surface area contributed by atoms with Crippen LogP contribution in [0.2, 0.25) is 0 Å². The third kappa shape index (κ3) is 7.95. The number of carbonyl (C=O) groups excluding carboxylic acids is 4. The Hall–Kier alpha value is -3.76. The van der Waals surface area contributed by atoms with Crippen LogP contribution in [-0.4, -0.2) is 121 Å². The molecule has 1 N–H and O–H groups in total. The van der Waals surface area contributed by atoms with Gasteiger partial charge in [0, 0.05) is 45.8 Å². The van der Waals surface area contributed by atoms with Gasteiger partial charge in [0.25, 0.3) is 0 Å². The summed E-state index contributed by atoms with van der Waals surface area (Å²) < 4.78 is 5.91. The average Bonchev–Trinajstić information content (AvgIpc) is 3.00. The fraction of sp³-hybridized carbons (Fsp3) is 0.500. The van der Waals surface area contributed by atoms with Crippen molar-refractivity contribution in [3.8, 4) is 11.1 Å². The molecule has 0 radical (unpaired) electrons. The molecule has 0 saturated carbocycles. The second kappa shape index (κ2) is 14.4. The maximum atomic E-state index is 13.0. The molecule has 10 nitrogen and oxygen atoms in total. The van der Waals surface area contributed by atoms with Crippen molar-refractivity contribution in [2.45, 2.75) is 31.8 Å². The fourth-order valence-electron chi connectivity index (χ4n) is 5.96. The largest absolute Gasteiger partial charge is 0.459 e. The van der Waals surface area contributed by atoms with Crippen LogP contribution in [0, 0.1) is 0 Å². The lowest BCUT2D eigenvalue weighted by molar-refractivity contribution is -0.150. The van der Waals surface area contributed by atoms with Gasteiger partial charge in [-0.1, -0.05) is 48.5 Å². The first-order valence-electron chi connectivity index (χ1n) is 15.1. The van der Waals surface area contributed by atoms with Crippen molar-refractivity contribution in [2.24, 2.45) is 0 Å².